The van der Waals surface area contributed by atoms with E-state index in [0.717, 1.165) is 0 Å². The van der Waals surface area contributed by atoms with Crippen molar-refractivity contribution >= 4 is 27.6 Å². The van der Waals surface area contributed by atoms with Crippen LogP contribution >= 0.6 is 15.9 Å². The minimum absolute atomic E-state index is 0.00255. The molecule has 106 valence electrons. The zero-order valence-electron chi connectivity index (χ0n) is 11.1. The van der Waals surface area contributed by atoms with Gasteiger partial charge in [-0.25, -0.2) is 9.18 Å². The van der Waals surface area contributed by atoms with Crippen LogP contribution in [0.25, 0.3) is 0 Å². The third-order valence-electron chi connectivity index (χ3n) is 3.02. The van der Waals surface area contributed by atoms with Crippen molar-refractivity contribution in [1.29, 1.82) is 0 Å². The van der Waals surface area contributed by atoms with Crippen LogP contribution in [0.2, 0.25) is 0 Å². The first-order chi connectivity index (χ1) is 8.85. The molecule has 0 radical (unpaired) electrons. The molecule has 0 saturated carbocycles. The Morgan fingerprint density at radius 2 is 2.11 bits per heavy atom. The number of aryl methyl sites for hydroxylation is 1. The van der Waals surface area contributed by atoms with Crippen LogP contribution in [0.15, 0.2) is 16.6 Å². The maximum Gasteiger partial charge on any atom is 0.319 e. The molecule has 0 aliphatic carbocycles. The van der Waals surface area contributed by atoms with E-state index >= 15 is 0 Å². The summed E-state index contributed by atoms with van der Waals surface area (Å²) in [7, 11) is 0. The fourth-order valence-electron chi connectivity index (χ4n) is 1.45. The van der Waals surface area contributed by atoms with Crippen molar-refractivity contribution in [3.05, 3.63) is 28.0 Å². The molecule has 19 heavy (non-hydrogen) atoms. The predicted molar refractivity (Wildman–Crippen MR) is 76.7 cm³/mol. The molecule has 0 unspecified atom stereocenters. The maximum atomic E-state index is 13.3. The second kappa shape index (κ2) is 6.86. The largest absolute Gasteiger partial charge is 0.396 e. The molecule has 2 amide bonds. The van der Waals surface area contributed by atoms with Gasteiger partial charge in [0.1, 0.15) is 5.82 Å². The number of hydrogen-bond donors (Lipinski definition) is 3. The average Bonchev–Trinajstić information content (AvgIpc) is 2.34. The molecule has 0 bridgehead atoms. The maximum absolute atomic E-state index is 13.3. The monoisotopic (exact) mass is 332 g/mol. The number of amides is 2. The van der Waals surface area contributed by atoms with Gasteiger partial charge in [-0.3, -0.25) is 0 Å². The first kappa shape index (κ1) is 15.9. The molecule has 2 atom stereocenters. The van der Waals surface area contributed by atoms with Gasteiger partial charge < -0.3 is 15.7 Å². The highest BCUT2D eigenvalue weighted by Crippen LogP contribution is 2.24. The standard InChI is InChI=1S/C13H18BrFN2O2/c1-7-4-11(15)10(14)5-12(7)17-13(19)16-9(3)8(2)6-18/h4-5,8-9,18H,6H2,1-3H3,(H2,16,17,19)/t8-,9+/m1/s1. The molecule has 1 rings (SSSR count). The number of aliphatic hydroxyl groups excluding tert-OH is 1. The molecule has 0 aromatic heterocycles. The zero-order chi connectivity index (χ0) is 14.6. The summed E-state index contributed by atoms with van der Waals surface area (Å²) < 4.78 is 13.6. The summed E-state index contributed by atoms with van der Waals surface area (Å²) in [5.41, 5.74) is 1.17. The number of benzene rings is 1. The van der Waals surface area contributed by atoms with E-state index < -0.39 is 0 Å². The van der Waals surface area contributed by atoms with Gasteiger partial charge in [0.2, 0.25) is 0 Å². The third kappa shape index (κ3) is 4.47. The summed E-state index contributed by atoms with van der Waals surface area (Å²) in [5, 5.41) is 14.4. The molecule has 1 aromatic carbocycles. The summed E-state index contributed by atoms with van der Waals surface area (Å²) >= 11 is 3.08. The Hall–Kier alpha value is -1.14. The van der Waals surface area contributed by atoms with Gasteiger partial charge in [0.25, 0.3) is 0 Å². The van der Waals surface area contributed by atoms with Crippen molar-refractivity contribution < 1.29 is 14.3 Å². The Morgan fingerprint density at radius 3 is 2.68 bits per heavy atom. The number of halogens is 2. The van der Waals surface area contributed by atoms with Crippen LogP contribution in [-0.4, -0.2) is 23.8 Å². The Bertz CT molecular complexity index is 468. The molecular formula is C13H18BrFN2O2. The lowest BCUT2D eigenvalue weighted by molar-refractivity contribution is 0.204. The smallest absolute Gasteiger partial charge is 0.319 e. The van der Waals surface area contributed by atoms with E-state index in [-0.39, 0.29) is 30.4 Å². The number of hydrogen-bond acceptors (Lipinski definition) is 2. The molecule has 0 heterocycles. The highest BCUT2D eigenvalue weighted by atomic mass is 79.9. The minimum Gasteiger partial charge on any atom is -0.396 e. The summed E-state index contributed by atoms with van der Waals surface area (Å²) in [6, 6.07) is 2.33. The molecule has 4 nitrogen and oxygen atoms in total. The highest BCUT2D eigenvalue weighted by molar-refractivity contribution is 9.10. The van der Waals surface area contributed by atoms with Crippen LogP contribution in [0.5, 0.6) is 0 Å². The molecule has 0 aliphatic heterocycles. The molecule has 0 saturated heterocycles. The van der Waals surface area contributed by atoms with E-state index in [1.807, 2.05) is 13.8 Å². The lowest BCUT2D eigenvalue weighted by atomic mass is 10.1. The van der Waals surface area contributed by atoms with E-state index in [1.165, 1.54) is 12.1 Å². The van der Waals surface area contributed by atoms with Gasteiger partial charge >= 0.3 is 6.03 Å². The second-order valence-electron chi connectivity index (χ2n) is 4.63. The van der Waals surface area contributed by atoms with Gasteiger partial charge in [0.15, 0.2) is 0 Å². The van der Waals surface area contributed by atoms with Gasteiger partial charge in [-0.1, -0.05) is 6.92 Å². The predicted octanol–water partition coefficient (Wildman–Crippen LogP) is 3.04. The topological polar surface area (TPSA) is 61.4 Å². The highest BCUT2D eigenvalue weighted by Gasteiger charge is 2.15. The van der Waals surface area contributed by atoms with Gasteiger partial charge in [-0.15, -0.1) is 0 Å². The quantitative estimate of drug-likeness (QED) is 0.793. The summed E-state index contributed by atoms with van der Waals surface area (Å²) in [4.78, 5) is 11.8. The molecule has 6 heteroatoms. The van der Waals surface area contributed by atoms with Crippen LogP contribution in [0.1, 0.15) is 19.4 Å². The molecule has 3 N–H and O–H groups in total. The Balaban J connectivity index is 2.70. The average molecular weight is 333 g/mol. The lowest BCUT2D eigenvalue weighted by Crippen LogP contribution is -2.40. The van der Waals surface area contributed by atoms with Crippen LogP contribution in [-0.2, 0) is 0 Å². The van der Waals surface area contributed by atoms with Crippen LogP contribution in [0, 0.1) is 18.7 Å². The van der Waals surface area contributed by atoms with Crippen molar-refractivity contribution in [3.8, 4) is 0 Å². The van der Waals surface area contributed by atoms with Crippen LogP contribution in [0.3, 0.4) is 0 Å². The summed E-state index contributed by atoms with van der Waals surface area (Å²) in [6.45, 7) is 5.37. The molecular weight excluding hydrogens is 315 g/mol. The van der Waals surface area contributed by atoms with E-state index in [4.69, 9.17) is 5.11 Å². The van der Waals surface area contributed by atoms with Crippen LogP contribution in [0.4, 0.5) is 14.9 Å². The first-order valence-electron chi connectivity index (χ1n) is 5.99. The van der Waals surface area contributed by atoms with E-state index in [1.54, 1.807) is 6.92 Å². The van der Waals surface area contributed by atoms with E-state index in [0.29, 0.717) is 15.7 Å². The first-order valence-corrected chi connectivity index (χ1v) is 6.78. The minimum atomic E-state index is -0.380. The Kier molecular flexibility index (Phi) is 5.75. The van der Waals surface area contributed by atoms with Gasteiger partial charge in [-0.05, 0) is 53.4 Å². The number of nitrogens with one attached hydrogen (secondary N) is 2. The van der Waals surface area contributed by atoms with Crippen molar-refractivity contribution in [2.24, 2.45) is 5.92 Å². The zero-order valence-corrected chi connectivity index (χ0v) is 12.7. The summed E-state index contributed by atoms with van der Waals surface area (Å²) in [6.07, 6.45) is 0. The van der Waals surface area contributed by atoms with Crippen molar-refractivity contribution in [1.82, 2.24) is 5.32 Å². The van der Waals surface area contributed by atoms with E-state index in [9.17, 15) is 9.18 Å². The van der Waals surface area contributed by atoms with Crippen molar-refractivity contribution in [3.63, 3.8) is 0 Å². The number of carbonyl (C=O) groups is 1. The molecule has 1 aromatic rings. The van der Waals surface area contributed by atoms with Crippen molar-refractivity contribution in [2.45, 2.75) is 26.8 Å². The fraction of sp³-hybridized carbons (Fsp3) is 0.462. The number of aliphatic hydroxyl groups is 1. The van der Waals surface area contributed by atoms with Crippen LogP contribution < -0.4 is 10.6 Å². The SMILES string of the molecule is Cc1cc(F)c(Br)cc1NC(=O)N[C@@H](C)[C@H](C)CO. The van der Waals surface area contributed by atoms with Gasteiger partial charge in [0, 0.05) is 18.3 Å². The van der Waals surface area contributed by atoms with E-state index in [2.05, 4.69) is 26.6 Å². The number of urea groups is 1. The Morgan fingerprint density at radius 1 is 1.47 bits per heavy atom. The van der Waals surface area contributed by atoms with Crippen molar-refractivity contribution in [2.75, 3.05) is 11.9 Å². The molecule has 0 aliphatic rings. The van der Waals surface area contributed by atoms with Gasteiger partial charge in [-0.2, -0.15) is 0 Å². The lowest BCUT2D eigenvalue weighted by Gasteiger charge is -2.20. The normalized spacial score (nSPS) is 13.8. The third-order valence-corrected chi connectivity index (χ3v) is 3.62. The molecule has 0 spiro atoms. The Labute approximate surface area is 120 Å². The number of carbonyl (C=O) groups excluding carboxylic acids is 1. The summed E-state index contributed by atoms with van der Waals surface area (Å²) in [5.74, 6) is -0.405. The second-order valence-corrected chi connectivity index (χ2v) is 5.48. The van der Waals surface area contributed by atoms with Gasteiger partial charge in [0.05, 0.1) is 4.47 Å². The molecule has 0 fully saturated rings. The fourth-order valence-corrected chi connectivity index (χ4v) is 1.79. The number of anilines is 1. The number of rotatable bonds is 4.